The Morgan fingerprint density at radius 1 is 1.19 bits per heavy atom. The first kappa shape index (κ1) is 21.7. The number of anilines is 1. The van der Waals surface area contributed by atoms with E-state index in [0.717, 1.165) is 29.9 Å². The van der Waals surface area contributed by atoms with Gasteiger partial charge >= 0.3 is 0 Å². The van der Waals surface area contributed by atoms with E-state index in [9.17, 15) is 0 Å². The van der Waals surface area contributed by atoms with Gasteiger partial charge in [0.2, 0.25) is 0 Å². The summed E-state index contributed by atoms with van der Waals surface area (Å²) in [6.07, 6.45) is 2.55. The van der Waals surface area contributed by atoms with Crippen LogP contribution in [0, 0.1) is 25.3 Å². The van der Waals surface area contributed by atoms with Crippen LogP contribution in [-0.4, -0.2) is 48.3 Å². The molecule has 0 N–H and O–H groups in total. The van der Waals surface area contributed by atoms with Crippen molar-refractivity contribution < 1.29 is 9.31 Å². The summed E-state index contributed by atoms with van der Waals surface area (Å²) in [5.74, 6) is 2.12. The molecule has 5 rings (SSSR count). The second kappa shape index (κ2) is 8.02. The molecule has 4 nitrogen and oxygen atoms in total. The van der Waals surface area contributed by atoms with E-state index >= 15 is 0 Å². The van der Waals surface area contributed by atoms with E-state index < -0.39 is 0 Å². The molecule has 0 saturated heterocycles. The average Bonchev–Trinajstić information content (AvgIpc) is 3.06. The fraction of sp³-hybridized carbons (Fsp3) is 0.519. The maximum Gasteiger partial charge on any atom is 0.172 e. The Kier molecular flexibility index (Phi) is 5.43. The third-order valence-corrected chi connectivity index (χ3v) is 10.0. The maximum absolute atomic E-state index is 5.83. The molecule has 32 heavy (non-hydrogen) atoms. The Hall–Kier alpha value is -2.14. The normalized spacial score (nSPS) is 21.6. The van der Waals surface area contributed by atoms with Crippen LogP contribution in [0.25, 0.3) is 0 Å². The minimum Gasteiger partial charge on any atom is -0.496 e. The summed E-state index contributed by atoms with van der Waals surface area (Å²) < 4.78 is 9.91. The molecule has 0 saturated carbocycles. The Morgan fingerprint density at radius 2 is 1.97 bits per heavy atom. The minimum absolute atomic E-state index is 0.00794. The van der Waals surface area contributed by atoms with Crippen molar-refractivity contribution in [1.29, 1.82) is 0 Å². The van der Waals surface area contributed by atoms with Gasteiger partial charge in [0.05, 0.1) is 31.2 Å². The van der Waals surface area contributed by atoms with Crippen LogP contribution in [0.1, 0.15) is 50.3 Å². The summed E-state index contributed by atoms with van der Waals surface area (Å²) >= 11 is 0. The van der Waals surface area contributed by atoms with E-state index in [-0.39, 0.29) is 10.5 Å². The van der Waals surface area contributed by atoms with Gasteiger partial charge in [-0.05, 0) is 69.7 Å². The highest BCUT2D eigenvalue weighted by Crippen LogP contribution is 2.48. The molecular formula is C27H36N3OS+. The van der Waals surface area contributed by atoms with Crippen molar-refractivity contribution in [2.45, 2.75) is 71.4 Å². The fourth-order valence-electron chi connectivity index (χ4n) is 6.06. The third kappa shape index (κ3) is 3.15. The van der Waals surface area contributed by atoms with Crippen LogP contribution in [0.2, 0.25) is 0 Å². The van der Waals surface area contributed by atoms with Crippen LogP contribution in [0.15, 0.2) is 28.1 Å². The smallest absolute Gasteiger partial charge is 0.172 e. The van der Waals surface area contributed by atoms with Gasteiger partial charge in [0.25, 0.3) is 0 Å². The summed E-state index contributed by atoms with van der Waals surface area (Å²) in [7, 11) is 1.80. The molecule has 2 aromatic carbocycles. The quantitative estimate of drug-likeness (QED) is 0.465. The molecule has 5 heteroatoms. The molecule has 2 bridgehead atoms. The van der Waals surface area contributed by atoms with Crippen LogP contribution >= 0.6 is 10.5 Å². The number of ether oxygens (including phenoxy) is 1. The van der Waals surface area contributed by atoms with Crippen molar-refractivity contribution in [2.24, 2.45) is 4.99 Å². The van der Waals surface area contributed by atoms with E-state index in [1.165, 1.54) is 50.3 Å². The highest BCUT2D eigenvalue weighted by molar-refractivity contribution is 8.09. The predicted octanol–water partition coefficient (Wildman–Crippen LogP) is 5.33. The molecule has 1 unspecified atom stereocenters. The van der Waals surface area contributed by atoms with Crippen LogP contribution < -0.4 is 15.0 Å². The van der Waals surface area contributed by atoms with Gasteiger partial charge in [-0.15, -0.1) is 10.5 Å². The molecule has 3 aliphatic rings. The molecule has 0 fully saturated rings. The lowest BCUT2D eigenvalue weighted by Crippen LogP contribution is -2.48. The van der Waals surface area contributed by atoms with Gasteiger partial charge in [0.15, 0.2) is 11.8 Å². The largest absolute Gasteiger partial charge is 0.496 e. The summed E-state index contributed by atoms with van der Waals surface area (Å²) in [6.45, 7) is 15.7. The zero-order chi connectivity index (χ0) is 22.7. The molecule has 2 aromatic rings. The second-order valence-corrected chi connectivity index (χ2v) is 11.9. The lowest BCUT2D eigenvalue weighted by atomic mass is 10.0. The van der Waals surface area contributed by atoms with Gasteiger partial charge < -0.3 is 9.64 Å². The first-order valence-electron chi connectivity index (χ1n) is 12.0. The van der Waals surface area contributed by atoms with E-state index in [1.54, 1.807) is 12.8 Å². The molecular weight excluding hydrogens is 414 g/mol. The Bertz CT molecular complexity index is 1280. The summed E-state index contributed by atoms with van der Waals surface area (Å²) in [5, 5.41) is 1.15. The van der Waals surface area contributed by atoms with E-state index in [0.29, 0.717) is 12.1 Å². The van der Waals surface area contributed by atoms with Gasteiger partial charge in [-0.25, -0.2) is 9.57 Å². The van der Waals surface area contributed by atoms with Crippen molar-refractivity contribution in [3.8, 4) is 5.75 Å². The Balaban J connectivity index is 1.66. The Labute approximate surface area is 194 Å². The van der Waals surface area contributed by atoms with Crippen LogP contribution in [0.3, 0.4) is 0 Å². The van der Waals surface area contributed by atoms with Gasteiger partial charge in [-0.1, -0.05) is 6.92 Å². The SMILES string of the molecule is CCS1=c2cc(N3CC4=[N+](C(C)C)[C@@H](CC4)C3)ccc2=Nc2c(C)c(C)c(OC)c(C)c21. The first-order valence-corrected chi connectivity index (χ1v) is 13.4. The topological polar surface area (TPSA) is 27.8 Å². The zero-order valence-corrected chi connectivity index (χ0v) is 21.4. The van der Waals surface area contributed by atoms with Crippen molar-refractivity contribution in [2.75, 3.05) is 30.9 Å². The third-order valence-electron chi connectivity index (χ3n) is 7.59. The number of benzene rings is 2. The Morgan fingerprint density at radius 3 is 2.62 bits per heavy atom. The summed E-state index contributed by atoms with van der Waals surface area (Å²) in [5.41, 5.74) is 7.86. The number of fused-ring (bicyclic) bond motifs is 3. The fourth-order valence-corrected chi connectivity index (χ4v) is 8.41. The molecule has 0 spiro atoms. The van der Waals surface area contributed by atoms with Crippen molar-refractivity contribution in [3.63, 3.8) is 0 Å². The monoisotopic (exact) mass is 450 g/mol. The molecule has 0 aromatic heterocycles. The highest BCUT2D eigenvalue weighted by atomic mass is 32.2. The average molecular weight is 451 g/mol. The molecule has 2 atom stereocenters. The van der Waals surface area contributed by atoms with Crippen molar-refractivity contribution in [1.82, 2.24) is 0 Å². The number of hydrogen-bond acceptors (Lipinski definition) is 3. The van der Waals surface area contributed by atoms with Gasteiger partial charge in [0, 0.05) is 33.5 Å². The first-order chi connectivity index (χ1) is 15.3. The van der Waals surface area contributed by atoms with E-state index in [4.69, 9.17) is 9.73 Å². The highest BCUT2D eigenvalue weighted by Gasteiger charge is 2.41. The maximum atomic E-state index is 5.83. The summed E-state index contributed by atoms with van der Waals surface area (Å²) in [6, 6.07) is 8.27. The lowest BCUT2D eigenvalue weighted by molar-refractivity contribution is -0.587. The number of hydrogen-bond donors (Lipinski definition) is 0. The minimum atomic E-state index is 0.00794. The number of nitrogens with zero attached hydrogens (tertiary/aromatic N) is 3. The second-order valence-electron chi connectivity index (χ2n) is 9.67. The van der Waals surface area contributed by atoms with Gasteiger partial charge in [-0.2, -0.15) is 0 Å². The number of methoxy groups -OCH3 is 1. The summed E-state index contributed by atoms with van der Waals surface area (Å²) in [4.78, 5) is 9.18. The van der Waals surface area contributed by atoms with Crippen LogP contribution in [-0.2, 0) is 0 Å². The lowest BCUT2D eigenvalue weighted by Gasteiger charge is -2.31. The molecule has 3 heterocycles. The van der Waals surface area contributed by atoms with Gasteiger partial charge in [0.1, 0.15) is 11.8 Å². The standard InChI is InChI=1S/C27H36N3OS/c1-8-32-24-13-20(29-14-21-9-10-22(15-29)30(21)16(2)3)11-12-23(24)28-25-17(4)18(5)26(31-7)19(6)27(25)32/h11-13,16,21H,8-10,14-15H2,1-7H3/q+1/t21-,32?/m0/s1. The number of rotatable bonds is 4. The molecule has 0 amide bonds. The van der Waals surface area contributed by atoms with Gasteiger partial charge in [-0.3, -0.25) is 0 Å². The van der Waals surface area contributed by atoms with Crippen molar-refractivity contribution >= 4 is 27.6 Å². The predicted molar refractivity (Wildman–Crippen MR) is 135 cm³/mol. The van der Waals surface area contributed by atoms with Crippen LogP contribution in [0.5, 0.6) is 5.75 Å². The van der Waals surface area contributed by atoms with E-state index in [2.05, 4.69) is 69.2 Å². The molecule has 0 aliphatic carbocycles. The van der Waals surface area contributed by atoms with Crippen molar-refractivity contribution in [3.05, 3.63) is 44.8 Å². The molecule has 3 aliphatic heterocycles. The van der Waals surface area contributed by atoms with E-state index in [1.807, 2.05) is 0 Å². The molecule has 0 radical (unpaired) electrons. The molecule has 170 valence electrons. The zero-order valence-electron chi connectivity index (χ0n) is 20.6. The van der Waals surface area contributed by atoms with Crippen LogP contribution in [0.4, 0.5) is 11.4 Å².